The molecule has 0 aromatic rings. The molecule has 0 aromatic carbocycles. The summed E-state index contributed by atoms with van der Waals surface area (Å²) in [5.74, 6) is 0. The van der Waals surface area contributed by atoms with Crippen molar-refractivity contribution < 1.29 is 5.11 Å². The van der Waals surface area contributed by atoms with Crippen molar-refractivity contribution in [3.8, 4) is 0 Å². The van der Waals surface area contributed by atoms with Crippen LogP contribution in [0, 0.1) is 6.58 Å². The summed E-state index contributed by atoms with van der Waals surface area (Å²) in [5.41, 5.74) is 0. The Labute approximate surface area is 63.8 Å². The fourth-order valence-electron chi connectivity index (χ4n) is 0.876. The summed E-state index contributed by atoms with van der Waals surface area (Å²) in [6.45, 7) is 7.28. The lowest BCUT2D eigenvalue weighted by Gasteiger charge is -2.02. The standard InChI is InChI=1S/C9H17O/c1-3-5-6-7-8-9(10)4-2/h2,4,9-10H,3,5-8H2,1H3. The minimum atomic E-state index is -0.392. The summed E-state index contributed by atoms with van der Waals surface area (Å²) in [4.78, 5) is 0. The molecule has 0 heterocycles. The van der Waals surface area contributed by atoms with Crippen molar-refractivity contribution in [3.05, 3.63) is 12.7 Å². The lowest BCUT2D eigenvalue weighted by Crippen LogP contribution is -2.00. The number of aliphatic hydroxyl groups excluding tert-OH is 1. The summed E-state index contributed by atoms with van der Waals surface area (Å²) < 4.78 is 0. The topological polar surface area (TPSA) is 20.2 Å². The van der Waals surface area contributed by atoms with Crippen LogP contribution in [0.1, 0.15) is 39.0 Å². The van der Waals surface area contributed by atoms with Gasteiger partial charge in [0, 0.05) is 0 Å². The van der Waals surface area contributed by atoms with E-state index in [4.69, 9.17) is 11.7 Å². The van der Waals surface area contributed by atoms with Crippen molar-refractivity contribution in [1.29, 1.82) is 0 Å². The summed E-state index contributed by atoms with van der Waals surface area (Å²) in [5, 5.41) is 8.98. The average Bonchev–Trinajstić information content (AvgIpc) is 1.98. The fraction of sp³-hybridized carbons (Fsp3) is 0.778. The first kappa shape index (κ1) is 9.70. The van der Waals surface area contributed by atoms with Gasteiger partial charge in [0.25, 0.3) is 0 Å². The van der Waals surface area contributed by atoms with Gasteiger partial charge in [-0.1, -0.05) is 45.3 Å². The molecule has 0 spiro atoms. The fourth-order valence-corrected chi connectivity index (χ4v) is 0.876. The van der Waals surface area contributed by atoms with Crippen LogP contribution in [0.4, 0.5) is 0 Å². The van der Waals surface area contributed by atoms with Crippen molar-refractivity contribution >= 4 is 0 Å². The molecule has 0 aromatic heterocycles. The largest absolute Gasteiger partial charge is 0.389 e. The molecule has 0 saturated carbocycles. The van der Waals surface area contributed by atoms with Crippen molar-refractivity contribution in [3.63, 3.8) is 0 Å². The highest BCUT2D eigenvalue weighted by Gasteiger charge is 1.95. The van der Waals surface area contributed by atoms with Gasteiger partial charge in [-0.05, 0) is 6.42 Å². The van der Waals surface area contributed by atoms with E-state index in [0.717, 1.165) is 12.8 Å². The second-order valence-electron chi connectivity index (χ2n) is 2.61. The highest BCUT2D eigenvalue weighted by molar-refractivity contribution is 4.74. The molecular formula is C9H17O. The quantitative estimate of drug-likeness (QED) is 0.563. The van der Waals surface area contributed by atoms with E-state index in [2.05, 4.69) is 6.92 Å². The predicted octanol–water partition coefficient (Wildman–Crippen LogP) is 2.31. The highest BCUT2D eigenvalue weighted by Crippen LogP contribution is 2.05. The summed E-state index contributed by atoms with van der Waals surface area (Å²) in [6, 6.07) is 0. The van der Waals surface area contributed by atoms with Crippen LogP contribution in [-0.2, 0) is 0 Å². The zero-order chi connectivity index (χ0) is 7.82. The maximum atomic E-state index is 8.98. The zero-order valence-electron chi connectivity index (χ0n) is 6.71. The molecule has 1 unspecified atom stereocenters. The molecular weight excluding hydrogens is 124 g/mol. The molecule has 1 N–H and O–H groups in total. The van der Waals surface area contributed by atoms with E-state index < -0.39 is 6.10 Å². The van der Waals surface area contributed by atoms with Gasteiger partial charge in [-0.15, -0.1) is 0 Å². The van der Waals surface area contributed by atoms with E-state index in [1.807, 2.05) is 0 Å². The number of rotatable bonds is 6. The van der Waals surface area contributed by atoms with Crippen LogP contribution >= 0.6 is 0 Å². The molecule has 10 heavy (non-hydrogen) atoms. The Morgan fingerprint density at radius 2 is 2.10 bits per heavy atom. The highest BCUT2D eigenvalue weighted by atomic mass is 16.3. The van der Waals surface area contributed by atoms with Crippen LogP contribution < -0.4 is 0 Å². The Bertz CT molecular complexity index is 78.8. The SMILES string of the molecule is [CH]=CC(O)CCCCCC. The van der Waals surface area contributed by atoms with Crippen LogP contribution in [0.15, 0.2) is 6.08 Å². The molecule has 0 bridgehead atoms. The van der Waals surface area contributed by atoms with Crippen molar-refractivity contribution in [2.75, 3.05) is 0 Å². The third-order valence-corrected chi connectivity index (χ3v) is 1.58. The molecule has 0 aliphatic rings. The third kappa shape index (κ3) is 5.83. The monoisotopic (exact) mass is 141 g/mol. The number of unbranched alkanes of at least 4 members (excludes halogenated alkanes) is 3. The number of hydrogen-bond acceptors (Lipinski definition) is 1. The second-order valence-corrected chi connectivity index (χ2v) is 2.61. The molecule has 0 saturated heterocycles. The zero-order valence-corrected chi connectivity index (χ0v) is 6.71. The van der Waals surface area contributed by atoms with Gasteiger partial charge < -0.3 is 5.11 Å². The molecule has 0 aliphatic heterocycles. The normalized spacial score (nSPS) is 13.0. The van der Waals surface area contributed by atoms with Gasteiger partial charge in [0.15, 0.2) is 0 Å². The maximum Gasteiger partial charge on any atom is 0.0723 e. The molecule has 0 amide bonds. The van der Waals surface area contributed by atoms with Crippen molar-refractivity contribution in [2.24, 2.45) is 0 Å². The first-order valence-electron chi connectivity index (χ1n) is 4.04. The van der Waals surface area contributed by atoms with E-state index in [-0.39, 0.29) is 0 Å². The summed E-state index contributed by atoms with van der Waals surface area (Å²) >= 11 is 0. The Morgan fingerprint density at radius 3 is 2.60 bits per heavy atom. The van der Waals surface area contributed by atoms with Gasteiger partial charge in [-0.3, -0.25) is 0 Å². The van der Waals surface area contributed by atoms with E-state index in [9.17, 15) is 0 Å². The Hall–Kier alpha value is -0.300. The minimum Gasteiger partial charge on any atom is -0.389 e. The molecule has 1 radical (unpaired) electrons. The minimum absolute atomic E-state index is 0.392. The lowest BCUT2D eigenvalue weighted by molar-refractivity contribution is 0.208. The van der Waals surface area contributed by atoms with E-state index in [0.29, 0.717) is 0 Å². The number of aliphatic hydroxyl groups is 1. The first-order chi connectivity index (χ1) is 4.81. The van der Waals surface area contributed by atoms with Gasteiger partial charge in [0.1, 0.15) is 0 Å². The number of hydrogen-bond donors (Lipinski definition) is 1. The average molecular weight is 141 g/mol. The maximum absolute atomic E-state index is 8.98. The van der Waals surface area contributed by atoms with Gasteiger partial charge in [0.05, 0.1) is 6.10 Å². The molecule has 0 rings (SSSR count). The van der Waals surface area contributed by atoms with Crippen molar-refractivity contribution in [2.45, 2.75) is 45.1 Å². The molecule has 1 nitrogen and oxygen atoms in total. The molecule has 0 aliphatic carbocycles. The lowest BCUT2D eigenvalue weighted by atomic mass is 10.1. The van der Waals surface area contributed by atoms with Gasteiger partial charge in [-0.25, -0.2) is 0 Å². The van der Waals surface area contributed by atoms with E-state index in [1.165, 1.54) is 25.3 Å². The van der Waals surface area contributed by atoms with E-state index >= 15 is 0 Å². The van der Waals surface area contributed by atoms with Crippen LogP contribution in [0.5, 0.6) is 0 Å². The van der Waals surface area contributed by atoms with Crippen LogP contribution in [0.3, 0.4) is 0 Å². The smallest absolute Gasteiger partial charge is 0.0723 e. The third-order valence-electron chi connectivity index (χ3n) is 1.58. The molecule has 59 valence electrons. The van der Waals surface area contributed by atoms with Crippen molar-refractivity contribution in [1.82, 2.24) is 0 Å². The Morgan fingerprint density at radius 1 is 1.40 bits per heavy atom. The van der Waals surface area contributed by atoms with Gasteiger partial charge >= 0.3 is 0 Å². The molecule has 1 atom stereocenters. The van der Waals surface area contributed by atoms with Gasteiger partial charge in [-0.2, -0.15) is 0 Å². The first-order valence-corrected chi connectivity index (χ1v) is 4.04. The van der Waals surface area contributed by atoms with Gasteiger partial charge in [0.2, 0.25) is 0 Å². The Kier molecular flexibility index (Phi) is 6.61. The van der Waals surface area contributed by atoms with Crippen LogP contribution in [0.25, 0.3) is 0 Å². The second kappa shape index (κ2) is 6.81. The Balaban J connectivity index is 2.95. The summed E-state index contributed by atoms with van der Waals surface area (Å²) in [6.07, 6.45) is 6.57. The van der Waals surface area contributed by atoms with Crippen LogP contribution in [-0.4, -0.2) is 11.2 Å². The molecule has 0 fully saturated rings. The van der Waals surface area contributed by atoms with E-state index in [1.54, 1.807) is 0 Å². The molecule has 1 heteroatoms. The predicted molar refractivity (Wildman–Crippen MR) is 43.6 cm³/mol. The van der Waals surface area contributed by atoms with Crippen LogP contribution in [0.2, 0.25) is 0 Å². The summed E-state index contributed by atoms with van der Waals surface area (Å²) in [7, 11) is 0.